The van der Waals surface area contributed by atoms with E-state index in [0.29, 0.717) is 5.56 Å². The van der Waals surface area contributed by atoms with Crippen molar-refractivity contribution in [2.45, 2.75) is 19.8 Å². The molecular formula is C8H10N2O4. The molecular weight excluding hydrogens is 188 g/mol. The van der Waals surface area contributed by atoms with Crippen LogP contribution in [0.2, 0.25) is 0 Å². The van der Waals surface area contributed by atoms with E-state index in [9.17, 15) is 14.9 Å². The van der Waals surface area contributed by atoms with Crippen molar-refractivity contribution in [3.8, 4) is 0 Å². The minimum atomic E-state index is -0.806. The quantitative estimate of drug-likeness (QED) is 0.586. The summed E-state index contributed by atoms with van der Waals surface area (Å²) in [5.74, 6) is -1.48. The average Bonchev–Trinajstić information content (AvgIpc) is 2.47. The van der Waals surface area contributed by atoms with Crippen LogP contribution in [-0.2, 0) is 0 Å². The standard InChI is InChI=1S/C8H10N2O4/c1-4(2)5-3-6(7(9)11)14-8(5)10(12)13/h3-4H,1-2H3,(H2,9,11). The molecule has 1 aromatic heterocycles. The number of furan rings is 1. The molecule has 1 heterocycles. The van der Waals surface area contributed by atoms with Gasteiger partial charge in [-0.05, 0) is 5.92 Å². The summed E-state index contributed by atoms with van der Waals surface area (Å²) < 4.78 is 4.73. The minimum absolute atomic E-state index is 0.0905. The summed E-state index contributed by atoms with van der Waals surface area (Å²) >= 11 is 0. The molecule has 0 saturated heterocycles. The second kappa shape index (κ2) is 3.49. The SMILES string of the molecule is CC(C)c1cc(C(N)=O)oc1[N+](=O)[O-]. The molecule has 1 aromatic rings. The first-order valence-electron chi connectivity index (χ1n) is 4.01. The molecule has 1 amide bonds. The Morgan fingerprint density at radius 1 is 1.64 bits per heavy atom. The summed E-state index contributed by atoms with van der Waals surface area (Å²) in [5, 5.41) is 10.5. The second-order valence-electron chi connectivity index (χ2n) is 3.15. The largest absolute Gasteiger partial charge is 0.437 e. The van der Waals surface area contributed by atoms with Gasteiger partial charge in [0.05, 0.1) is 5.56 Å². The molecule has 6 heteroatoms. The first-order valence-corrected chi connectivity index (χ1v) is 4.01. The van der Waals surface area contributed by atoms with E-state index in [2.05, 4.69) is 0 Å². The lowest BCUT2D eigenvalue weighted by Gasteiger charge is -1.96. The van der Waals surface area contributed by atoms with Crippen LogP contribution >= 0.6 is 0 Å². The van der Waals surface area contributed by atoms with E-state index in [1.54, 1.807) is 13.8 Å². The van der Waals surface area contributed by atoms with Crippen LogP contribution in [0.5, 0.6) is 0 Å². The first kappa shape index (κ1) is 10.2. The third-order valence-electron chi connectivity index (χ3n) is 1.77. The maximum absolute atomic E-state index is 10.7. The van der Waals surface area contributed by atoms with Crippen molar-refractivity contribution in [1.82, 2.24) is 0 Å². The fourth-order valence-corrected chi connectivity index (χ4v) is 1.07. The van der Waals surface area contributed by atoms with Gasteiger partial charge in [-0.15, -0.1) is 0 Å². The van der Waals surface area contributed by atoms with Gasteiger partial charge in [0.15, 0.2) is 5.76 Å². The van der Waals surface area contributed by atoms with Crippen LogP contribution in [0.15, 0.2) is 10.5 Å². The Morgan fingerprint density at radius 2 is 2.21 bits per heavy atom. The molecule has 14 heavy (non-hydrogen) atoms. The number of nitrogens with zero attached hydrogens (tertiary/aromatic N) is 1. The molecule has 0 fully saturated rings. The van der Waals surface area contributed by atoms with Crippen molar-refractivity contribution in [2.24, 2.45) is 5.73 Å². The van der Waals surface area contributed by atoms with Crippen LogP contribution in [0.1, 0.15) is 35.9 Å². The van der Waals surface area contributed by atoms with E-state index in [4.69, 9.17) is 10.2 Å². The Morgan fingerprint density at radius 3 is 2.50 bits per heavy atom. The molecule has 76 valence electrons. The number of amides is 1. The third-order valence-corrected chi connectivity index (χ3v) is 1.77. The van der Waals surface area contributed by atoms with Crippen LogP contribution < -0.4 is 5.73 Å². The van der Waals surface area contributed by atoms with Crippen molar-refractivity contribution in [3.05, 3.63) is 27.5 Å². The maximum atomic E-state index is 10.7. The van der Waals surface area contributed by atoms with Crippen LogP contribution in [0.25, 0.3) is 0 Å². The van der Waals surface area contributed by atoms with Gasteiger partial charge in [-0.2, -0.15) is 0 Å². The first-order chi connectivity index (χ1) is 6.43. The molecule has 0 aliphatic rings. The van der Waals surface area contributed by atoms with Crippen LogP contribution in [-0.4, -0.2) is 10.8 Å². The highest BCUT2D eigenvalue weighted by Gasteiger charge is 2.25. The molecule has 1 rings (SSSR count). The molecule has 0 aromatic carbocycles. The summed E-state index contributed by atoms with van der Waals surface area (Å²) in [6.07, 6.45) is 0. The van der Waals surface area contributed by atoms with E-state index in [1.807, 2.05) is 0 Å². The van der Waals surface area contributed by atoms with Gasteiger partial charge < -0.3 is 10.2 Å². The smallest absolute Gasteiger partial charge is 0.395 e. The van der Waals surface area contributed by atoms with Gasteiger partial charge in [0.1, 0.15) is 4.92 Å². The summed E-state index contributed by atoms with van der Waals surface area (Å²) in [7, 11) is 0. The topological polar surface area (TPSA) is 99.4 Å². The highest BCUT2D eigenvalue weighted by Crippen LogP contribution is 2.29. The van der Waals surface area contributed by atoms with Crippen molar-refractivity contribution in [1.29, 1.82) is 0 Å². The lowest BCUT2D eigenvalue weighted by atomic mass is 10.1. The predicted molar refractivity (Wildman–Crippen MR) is 48.0 cm³/mol. The zero-order valence-electron chi connectivity index (χ0n) is 7.81. The summed E-state index contributed by atoms with van der Waals surface area (Å²) in [4.78, 5) is 20.6. The number of primary amides is 1. The lowest BCUT2D eigenvalue weighted by Crippen LogP contribution is -2.09. The fraction of sp³-hybridized carbons (Fsp3) is 0.375. The summed E-state index contributed by atoms with van der Waals surface area (Å²) in [6, 6.07) is 1.31. The highest BCUT2D eigenvalue weighted by molar-refractivity contribution is 5.90. The normalized spacial score (nSPS) is 10.5. The third kappa shape index (κ3) is 1.73. The molecule has 0 aliphatic heterocycles. The Hall–Kier alpha value is -1.85. The van der Waals surface area contributed by atoms with Gasteiger partial charge in [0.2, 0.25) is 0 Å². The van der Waals surface area contributed by atoms with E-state index in [0.717, 1.165) is 0 Å². The minimum Gasteiger partial charge on any atom is -0.395 e. The Balaban J connectivity index is 3.26. The van der Waals surface area contributed by atoms with E-state index < -0.39 is 16.7 Å². The van der Waals surface area contributed by atoms with Crippen LogP contribution in [0.3, 0.4) is 0 Å². The zero-order chi connectivity index (χ0) is 10.9. The highest BCUT2D eigenvalue weighted by atomic mass is 16.6. The molecule has 0 unspecified atom stereocenters. The Bertz CT molecular complexity index is 381. The van der Waals surface area contributed by atoms with Gasteiger partial charge in [-0.25, -0.2) is 0 Å². The summed E-state index contributed by atoms with van der Waals surface area (Å²) in [6.45, 7) is 3.53. The number of nitro groups is 1. The molecule has 0 spiro atoms. The number of hydrogen-bond acceptors (Lipinski definition) is 4. The Kier molecular flexibility index (Phi) is 2.55. The van der Waals surface area contributed by atoms with E-state index in [-0.39, 0.29) is 11.7 Å². The second-order valence-corrected chi connectivity index (χ2v) is 3.15. The van der Waals surface area contributed by atoms with Gasteiger partial charge >= 0.3 is 5.88 Å². The number of carbonyl (C=O) groups excluding carboxylic acids is 1. The van der Waals surface area contributed by atoms with E-state index >= 15 is 0 Å². The molecule has 0 bridgehead atoms. The van der Waals surface area contributed by atoms with Crippen molar-refractivity contribution in [3.63, 3.8) is 0 Å². The van der Waals surface area contributed by atoms with Gasteiger partial charge in [-0.3, -0.25) is 14.9 Å². The van der Waals surface area contributed by atoms with Crippen LogP contribution in [0, 0.1) is 10.1 Å². The molecule has 2 N–H and O–H groups in total. The van der Waals surface area contributed by atoms with Crippen LogP contribution in [0.4, 0.5) is 5.88 Å². The van der Waals surface area contributed by atoms with Gasteiger partial charge in [-0.1, -0.05) is 13.8 Å². The van der Waals surface area contributed by atoms with Gasteiger partial charge in [0.25, 0.3) is 5.91 Å². The van der Waals surface area contributed by atoms with Crippen molar-refractivity contribution in [2.75, 3.05) is 0 Å². The molecule has 0 radical (unpaired) electrons. The fourth-order valence-electron chi connectivity index (χ4n) is 1.07. The molecule has 0 aliphatic carbocycles. The van der Waals surface area contributed by atoms with E-state index in [1.165, 1.54) is 6.07 Å². The number of carbonyl (C=O) groups is 1. The monoisotopic (exact) mass is 198 g/mol. The molecule has 0 atom stereocenters. The van der Waals surface area contributed by atoms with Gasteiger partial charge in [0, 0.05) is 6.07 Å². The van der Waals surface area contributed by atoms with Crippen molar-refractivity contribution < 1.29 is 14.1 Å². The predicted octanol–water partition coefficient (Wildman–Crippen LogP) is 1.41. The average molecular weight is 198 g/mol. The molecule has 6 nitrogen and oxygen atoms in total. The number of rotatable bonds is 3. The maximum Gasteiger partial charge on any atom is 0.437 e. The molecule has 0 saturated carbocycles. The Labute approximate surface area is 79.8 Å². The summed E-state index contributed by atoms with van der Waals surface area (Å²) in [5.41, 5.74) is 5.32. The lowest BCUT2D eigenvalue weighted by molar-refractivity contribution is -0.403. The zero-order valence-corrected chi connectivity index (χ0v) is 7.81. The number of nitrogens with two attached hydrogens (primary N) is 1. The number of hydrogen-bond donors (Lipinski definition) is 1. The van der Waals surface area contributed by atoms with Crippen molar-refractivity contribution >= 4 is 11.8 Å².